The molecular formula is C14H16N2O3S. The first-order chi connectivity index (χ1) is 9.60. The van der Waals surface area contributed by atoms with Crippen molar-refractivity contribution in [2.45, 2.75) is 17.7 Å². The number of carbonyl (C=O) groups excluding carboxylic acids is 1. The van der Waals surface area contributed by atoms with E-state index in [0.717, 1.165) is 16.2 Å². The molecule has 2 rings (SSSR count). The maximum atomic E-state index is 11.4. The van der Waals surface area contributed by atoms with E-state index in [2.05, 4.69) is 10.5 Å². The largest absolute Gasteiger partial charge is 0.496 e. The molecule has 0 aromatic heterocycles. The molecule has 20 heavy (non-hydrogen) atoms. The normalized spacial score (nSPS) is 16.7. The monoisotopic (exact) mass is 292 g/mol. The Balaban J connectivity index is 2.20. The Morgan fingerprint density at radius 2 is 2.15 bits per heavy atom. The number of hydrogen-bond acceptors (Lipinski definition) is 4. The van der Waals surface area contributed by atoms with E-state index in [1.165, 1.54) is 0 Å². The van der Waals surface area contributed by atoms with E-state index in [1.54, 1.807) is 19.4 Å². The molecule has 0 spiro atoms. The van der Waals surface area contributed by atoms with Crippen molar-refractivity contribution in [3.8, 4) is 5.75 Å². The van der Waals surface area contributed by atoms with Gasteiger partial charge in [-0.2, -0.15) is 5.10 Å². The van der Waals surface area contributed by atoms with E-state index >= 15 is 0 Å². The molecule has 1 heterocycles. The van der Waals surface area contributed by atoms with Crippen molar-refractivity contribution >= 4 is 28.5 Å². The number of amides is 1. The fourth-order valence-corrected chi connectivity index (χ4v) is 2.33. The number of methoxy groups -OCH3 is 1. The number of nitrogens with one attached hydrogen (secondary N) is 1. The van der Waals surface area contributed by atoms with Crippen molar-refractivity contribution in [2.75, 3.05) is 13.4 Å². The minimum atomic E-state index is -1.04. The van der Waals surface area contributed by atoms with Gasteiger partial charge < -0.3 is 4.74 Å². The van der Waals surface area contributed by atoms with Gasteiger partial charge in [0.05, 0.1) is 12.8 Å². The SMILES string of the molecule is COc1cc(S(C)=O)ccc1C=CC1=NNC(=O)CC1. The Hall–Kier alpha value is -1.95. The van der Waals surface area contributed by atoms with Gasteiger partial charge in [-0.15, -0.1) is 0 Å². The first-order valence-electron chi connectivity index (χ1n) is 6.15. The van der Waals surface area contributed by atoms with Gasteiger partial charge in [-0.3, -0.25) is 9.00 Å². The lowest BCUT2D eigenvalue weighted by atomic mass is 10.1. The molecule has 1 amide bonds. The summed E-state index contributed by atoms with van der Waals surface area (Å²) in [5.41, 5.74) is 4.14. The van der Waals surface area contributed by atoms with E-state index < -0.39 is 10.8 Å². The van der Waals surface area contributed by atoms with Gasteiger partial charge in [-0.05, 0) is 24.3 Å². The van der Waals surface area contributed by atoms with E-state index in [1.807, 2.05) is 24.3 Å². The second-order valence-corrected chi connectivity index (χ2v) is 5.71. The van der Waals surface area contributed by atoms with E-state index in [9.17, 15) is 9.00 Å². The van der Waals surface area contributed by atoms with E-state index in [-0.39, 0.29) is 5.91 Å². The number of ether oxygens (including phenoxy) is 1. The third-order valence-corrected chi connectivity index (χ3v) is 3.84. The Morgan fingerprint density at radius 3 is 2.75 bits per heavy atom. The van der Waals surface area contributed by atoms with Crippen LogP contribution in [0.5, 0.6) is 5.75 Å². The minimum Gasteiger partial charge on any atom is -0.496 e. The Bertz CT molecular complexity index is 608. The van der Waals surface area contributed by atoms with Crippen molar-refractivity contribution in [1.29, 1.82) is 0 Å². The molecule has 0 bridgehead atoms. The number of nitrogens with zero attached hydrogens (tertiary/aromatic N) is 1. The van der Waals surface area contributed by atoms with Crippen LogP contribution in [0.1, 0.15) is 18.4 Å². The second-order valence-electron chi connectivity index (χ2n) is 4.33. The fourth-order valence-electron chi connectivity index (χ4n) is 1.80. The summed E-state index contributed by atoms with van der Waals surface area (Å²) in [6.45, 7) is 0. The summed E-state index contributed by atoms with van der Waals surface area (Å²) >= 11 is 0. The van der Waals surface area contributed by atoms with Crippen LogP contribution >= 0.6 is 0 Å². The highest BCUT2D eigenvalue weighted by Gasteiger charge is 2.09. The van der Waals surface area contributed by atoms with E-state index in [0.29, 0.717) is 18.6 Å². The maximum Gasteiger partial charge on any atom is 0.240 e. The average Bonchev–Trinajstić information content (AvgIpc) is 2.46. The van der Waals surface area contributed by atoms with Crippen molar-refractivity contribution in [2.24, 2.45) is 5.10 Å². The molecule has 1 aliphatic rings. The van der Waals surface area contributed by atoms with E-state index in [4.69, 9.17) is 4.74 Å². The quantitative estimate of drug-likeness (QED) is 0.918. The average molecular weight is 292 g/mol. The lowest BCUT2D eigenvalue weighted by Gasteiger charge is -2.09. The summed E-state index contributed by atoms with van der Waals surface area (Å²) in [5.74, 6) is 0.601. The summed E-state index contributed by atoms with van der Waals surface area (Å²) in [6, 6.07) is 5.43. The van der Waals surface area contributed by atoms with Crippen LogP contribution in [0, 0.1) is 0 Å². The number of benzene rings is 1. The molecular weight excluding hydrogens is 276 g/mol. The molecule has 6 heteroatoms. The number of hydrazone groups is 1. The molecule has 1 atom stereocenters. The molecule has 0 aliphatic carbocycles. The highest BCUT2D eigenvalue weighted by molar-refractivity contribution is 7.84. The number of carbonyl (C=O) groups is 1. The topological polar surface area (TPSA) is 67.8 Å². The van der Waals surface area contributed by atoms with Crippen LogP contribution in [0.2, 0.25) is 0 Å². The van der Waals surface area contributed by atoms with Crippen molar-refractivity contribution < 1.29 is 13.7 Å². The molecule has 0 radical (unpaired) electrons. The predicted molar refractivity (Wildman–Crippen MR) is 79.2 cm³/mol. The number of hydrogen-bond donors (Lipinski definition) is 1. The molecule has 1 aromatic carbocycles. The number of allylic oxidation sites excluding steroid dienone is 1. The third-order valence-electron chi connectivity index (χ3n) is 2.92. The van der Waals surface area contributed by atoms with Gasteiger partial charge in [0.1, 0.15) is 5.75 Å². The molecule has 1 N–H and O–H groups in total. The number of rotatable bonds is 4. The molecule has 1 aromatic rings. The lowest BCUT2D eigenvalue weighted by Crippen LogP contribution is -2.24. The summed E-state index contributed by atoms with van der Waals surface area (Å²) in [6.07, 6.45) is 6.43. The van der Waals surface area contributed by atoms with Gasteiger partial charge in [0, 0.05) is 40.4 Å². The molecule has 0 fully saturated rings. The maximum absolute atomic E-state index is 11.4. The van der Waals surface area contributed by atoms with Crippen LogP contribution in [0.15, 0.2) is 34.3 Å². The highest BCUT2D eigenvalue weighted by Crippen LogP contribution is 2.23. The molecule has 0 saturated heterocycles. The van der Waals surface area contributed by atoms with Crippen molar-refractivity contribution in [3.63, 3.8) is 0 Å². The Morgan fingerprint density at radius 1 is 1.35 bits per heavy atom. The third kappa shape index (κ3) is 3.54. The van der Waals surface area contributed by atoms with Crippen LogP contribution in [0.4, 0.5) is 0 Å². The predicted octanol–water partition coefficient (Wildman–Crippen LogP) is 1.71. The molecule has 0 saturated carbocycles. The molecule has 5 nitrogen and oxygen atoms in total. The van der Waals surface area contributed by atoms with Gasteiger partial charge in [-0.25, -0.2) is 5.43 Å². The van der Waals surface area contributed by atoms with Gasteiger partial charge in [0.15, 0.2) is 0 Å². The fraction of sp³-hybridized carbons (Fsp3) is 0.286. The van der Waals surface area contributed by atoms with Crippen LogP contribution in [0.25, 0.3) is 6.08 Å². The minimum absolute atomic E-state index is 0.0606. The Labute approximate surface area is 120 Å². The van der Waals surface area contributed by atoms with Crippen LogP contribution < -0.4 is 10.2 Å². The zero-order valence-corrected chi connectivity index (χ0v) is 12.2. The van der Waals surface area contributed by atoms with Gasteiger partial charge in [-0.1, -0.05) is 6.07 Å². The first-order valence-corrected chi connectivity index (χ1v) is 7.71. The Kier molecular flexibility index (Phi) is 4.68. The van der Waals surface area contributed by atoms with Crippen LogP contribution in [-0.4, -0.2) is 29.2 Å². The molecule has 1 unspecified atom stereocenters. The highest BCUT2D eigenvalue weighted by atomic mass is 32.2. The summed E-state index contributed by atoms with van der Waals surface area (Å²) in [7, 11) is 0.540. The lowest BCUT2D eigenvalue weighted by molar-refractivity contribution is -0.121. The standard InChI is InChI=1S/C14H16N2O3S/c1-19-13-9-12(20(2)18)7-4-10(13)3-5-11-6-8-14(17)16-15-11/h3-5,7,9H,6,8H2,1-2H3,(H,16,17). The van der Waals surface area contributed by atoms with Crippen LogP contribution in [-0.2, 0) is 15.6 Å². The zero-order valence-electron chi connectivity index (χ0n) is 11.4. The van der Waals surface area contributed by atoms with Gasteiger partial charge in [0.25, 0.3) is 0 Å². The van der Waals surface area contributed by atoms with Gasteiger partial charge in [0.2, 0.25) is 5.91 Å². The summed E-state index contributed by atoms with van der Waals surface area (Å²) in [4.78, 5) is 11.7. The van der Waals surface area contributed by atoms with Crippen LogP contribution in [0.3, 0.4) is 0 Å². The second kappa shape index (κ2) is 6.47. The first kappa shape index (κ1) is 14.5. The van der Waals surface area contributed by atoms with Crippen molar-refractivity contribution in [3.05, 3.63) is 29.8 Å². The smallest absolute Gasteiger partial charge is 0.240 e. The zero-order chi connectivity index (χ0) is 14.5. The van der Waals surface area contributed by atoms with Gasteiger partial charge >= 0.3 is 0 Å². The van der Waals surface area contributed by atoms with Crippen molar-refractivity contribution in [1.82, 2.24) is 5.43 Å². The summed E-state index contributed by atoms with van der Waals surface area (Å²) in [5, 5.41) is 3.97. The summed E-state index contributed by atoms with van der Waals surface area (Å²) < 4.78 is 16.7. The molecule has 1 aliphatic heterocycles. The molecule has 106 valence electrons.